The monoisotopic (exact) mass is 347 g/mol. The van der Waals surface area contributed by atoms with Crippen molar-refractivity contribution in [3.63, 3.8) is 0 Å². The Kier molecular flexibility index (Phi) is 4.03. The number of likely N-dealkylation sites (tertiary alicyclic amines) is 1. The normalized spacial score (nSPS) is 22.8. The fourth-order valence-electron chi connectivity index (χ4n) is 4.27. The number of fused-ring (bicyclic) bond motifs is 2. The summed E-state index contributed by atoms with van der Waals surface area (Å²) >= 11 is 0. The minimum atomic E-state index is -4.53. The molecule has 1 aromatic heterocycles. The van der Waals surface area contributed by atoms with Gasteiger partial charge in [-0.25, -0.2) is 4.39 Å². The summed E-state index contributed by atoms with van der Waals surface area (Å²) in [6.07, 6.45) is -3.25. The van der Waals surface area contributed by atoms with E-state index in [4.69, 9.17) is 0 Å². The first-order valence-electron chi connectivity index (χ1n) is 8.40. The molecule has 0 atom stereocenters. The van der Waals surface area contributed by atoms with Gasteiger partial charge in [0.25, 0.3) is 0 Å². The van der Waals surface area contributed by atoms with Crippen molar-refractivity contribution in [3.05, 3.63) is 23.3 Å². The molecule has 3 rings (SSSR count). The van der Waals surface area contributed by atoms with E-state index in [0.29, 0.717) is 25.5 Å². The number of halogens is 4. The molecule has 3 heterocycles. The Morgan fingerprint density at radius 2 is 1.58 bits per heavy atom. The summed E-state index contributed by atoms with van der Waals surface area (Å²) in [5.41, 5.74) is -1.28. The summed E-state index contributed by atoms with van der Waals surface area (Å²) in [6, 6.07) is 0.673. The smallest absolute Gasteiger partial charge is 0.336 e. The number of rotatable bonds is 0. The van der Waals surface area contributed by atoms with Gasteiger partial charge in [0, 0.05) is 37.8 Å². The maximum atomic E-state index is 14.6. The largest absolute Gasteiger partial charge is 0.431 e. The van der Waals surface area contributed by atoms with Gasteiger partial charge in [0.05, 0.1) is 11.2 Å². The van der Waals surface area contributed by atoms with Crippen LogP contribution in [0.5, 0.6) is 0 Å². The van der Waals surface area contributed by atoms with Crippen LogP contribution in [0.3, 0.4) is 0 Å². The standard InChI is InChI=1S/C17H25F4N3/c1-15(2,3)23-7-5-16(6-8-23)14-12(18)11-13(17(19,20)21)24(14)10-9-22(16)4/h11H,5-10H2,1-4H3. The van der Waals surface area contributed by atoms with Crippen molar-refractivity contribution in [1.29, 1.82) is 0 Å². The van der Waals surface area contributed by atoms with E-state index >= 15 is 0 Å². The molecule has 2 aliphatic rings. The maximum absolute atomic E-state index is 14.6. The fraction of sp³-hybridized carbons (Fsp3) is 0.765. The van der Waals surface area contributed by atoms with Crippen LogP contribution in [0.15, 0.2) is 6.07 Å². The van der Waals surface area contributed by atoms with Crippen molar-refractivity contribution in [1.82, 2.24) is 14.4 Å². The molecule has 24 heavy (non-hydrogen) atoms. The van der Waals surface area contributed by atoms with Crippen molar-refractivity contribution in [2.24, 2.45) is 0 Å². The Labute approximate surface area is 140 Å². The number of hydrogen-bond donors (Lipinski definition) is 0. The number of aromatic nitrogens is 1. The topological polar surface area (TPSA) is 11.4 Å². The first-order chi connectivity index (χ1) is 11.0. The zero-order chi connectivity index (χ0) is 17.9. The lowest BCUT2D eigenvalue weighted by Gasteiger charge is -2.52. The predicted octanol–water partition coefficient (Wildman–Crippen LogP) is 3.68. The van der Waals surface area contributed by atoms with Crippen LogP contribution in [0.25, 0.3) is 0 Å². The van der Waals surface area contributed by atoms with Crippen LogP contribution < -0.4 is 0 Å². The molecule has 0 amide bonds. The van der Waals surface area contributed by atoms with Crippen molar-refractivity contribution in [2.75, 3.05) is 26.7 Å². The molecule has 1 saturated heterocycles. The predicted molar refractivity (Wildman–Crippen MR) is 84.3 cm³/mol. The fourth-order valence-corrected chi connectivity index (χ4v) is 4.27. The lowest BCUT2D eigenvalue weighted by molar-refractivity contribution is -0.145. The Hall–Kier alpha value is -1.08. The molecule has 0 bridgehead atoms. The SMILES string of the molecule is CN1CCn2c(C(F)(F)F)cc(F)c2C12CCN(C(C)(C)C)CC2. The second-order valence-corrected chi connectivity index (χ2v) is 7.99. The van der Waals surface area contributed by atoms with Gasteiger partial charge < -0.3 is 4.57 Å². The van der Waals surface area contributed by atoms with E-state index in [9.17, 15) is 17.6 Å². The van der Waals surface area contributed by atoms with Crippen molar-refractivity contribution >= 4 is 0 Å². The highest BCUT2D eigenvalue weighted by molar-refractivity contribution is 5.30. The number of piperidine rings is 1. The van der Waals surface area contributed by atoms with Crippen molar-refractivity contribution in [3.8, 4) is 0 Å². The van der Waals surface area contributed by atoms with Gasteiger partial charge in [-0.3, -0.25) is 9.80 Å². The molecule has 1 spiro atoms. The molecular weight excluding hydrogens is 322 g/mol. The molecule has 0 N–H and O–H groups in total. The molecule has 1 fully saturated rings. The van der Waals surface area contributed by atoms with Crippen LogP contribution in [-0.4, -0.2) is 46.6 Å². The number of hydrogen-bond acceptors (Lipinski definition) is 2. The van der Waals surface area contributed by atoms with E-state index in [2.05, 4.69) is 25.7 Å². The van der Waals surface area contributed by atoms with Gasteiger partial charge in [-0.05, 0) is 40.7 Å². The highest BCUT2D eigenvalue weighted by Gasteiger charge is 2.49. The maximum Gasteiger partial charge on any atom is 0.431 e. The zero-order valence-corrected chi connectivity index (χ0v) is 14.7. The minimum Gasteiger partial charge on any atom is -0.336 e. The highest BCUT2D eigenvalue weighted by atomic mass is 19.4. The molecular formula is C17H25F4N3. The average molecular weight is 347 g/mol. The molecule has 0 saturated carbocycles. The van der Waals surface area contributed by atoms with Crippen LogP contribution in [0.1, 0.15) is 45.0 Å². The summed E-state index contributed by atoms with van der Waals surface area (Å²) < 4.78 is 55.5. The summed E-state index contributed by atoms with van der Waals surface area (Å²) in [6.45, 7) is 8.55. The van der Waals surface area contributed by atoms with Crippen LogP contribution in [0, 0.1) is 5.82 Å². The first kappa shape index (κ1) is 17.7. The van der Waals surface area contributed by atoms with Crippen LogP contribution in [0.2, 0.25) is 0 Å². The molecule has 1 aromatic rings. The second kappa shape index (κ2) is 5.46. The number of nitrogens with zero attached hydrogens (tertiary/aromatic N) is 3. The summed E-state index contributed by atoms with van der Waals surface area (Å²) in [5.74, 6) is -0.724. The molecule has 0 radical (unpaired) electrons. The molecule has 136 valence electrons. The lowest BCUT2D eigenvalue weighted by Crippen LogP contribution is -2.58. The second-order valence-electron chi connectivity index (χ2n) is 7.99. The number of alkyl halides is 3. The third kappa shape index (κ3) is 2.65. The van der Waals surface area contributed by atoms with Crippen LogP contribution in [-0.2, 0) is 18.3 Å². The summed E-state index contributed by atoms with van der Waals surface area (Å²) in [4.78, 5) is 4.36. The Morgan fingerprint density at radius 3 is 2.08 bits per heavy atom. The molecule has 7 heteroatoms. The van der Waals surface area contributed by atoms with Gasteiger partial charge in [0.1, 0.15) is 11.5 Å². The molecule has 0 unspecified atom stereocenters. The van der Waals surface area contributed by atoms with E-state index in [-0.39, 0.29) is 17.8 Å². The van der Waals surface area contributed by atoms with E-state index in [1.54, 1.807) is 0 Å². The zero-order valence-electron chi connectivity index (χ0n) is 14.7. The van der Waals surface area contributed by atoms with E-state index in [0.717, 1.165) is 13.1 Å². The van der Waals surface area contributed by atoms with E-state index in [1.165, 1.54) is 4.57 Å². The number of likely N-dealkylation sites (N-methyl/N-ethyl adjacent to an activating group) is 1. The van der Waals surface area contributed by atoms with Gasteiger partial charge in [0.2, 0.25) is 0 Å². The molecule has 3 nitrogen and oxygen atoms in total. The molecule has 0 aromatic carbocycles. The van der Waals surface area contributed by atoms with Crippen molar-refractivity contribution < 1.29 is 17.6 Å². The summed E-state index contributed by atoms with van der Waals surface area (Å²) in [5, 5.41) is 0. The Morgan fingerprint density at radius 1 is 1.00 bits per heavy atom. The van der Waals surface area contributed by atoms with Crippen LogP contribution >= 0.6 is 0 Å². The van der Waals surface area contributed by atoms with Gasteiger partial charge in [-0.15, -0.1) is 0 Å². The quantitative estimate of drug-likeness (QED) is 0.663. The van der Waals surface area contributed by atoms with Gasteiger partial charge >= 0.3 is 6.18 Å². The third-order valence-electron chi connectivity index (χ3n) is 5.71. The van der Waals surface area contributed by atoms with Gasteiger partial charge in [0.15, 0.2) is 0 Å². The minimum absolute atomic E-state index is 0.00647. The van der Waals surface area contributed by atoms with Crippen LogP contribution in [0.4, 0.5) is 17.6 Å². The van der Waals surface area contributed by atoms with E-state index in [1.807, 2.05) is 11.9 Å². The summed E-state index contributed by atoms with van der Waals surface area (Å²) in [7, 11) is 1.90. The van der Waals surface area contributed by atoms with Crippen molar-refractivity contribution in [2.45, 2.75) is 57.4 Å². The molecule has 0 aliphatic carbocycles. The van der Waals surface area contributed by atoms with E-state index < -0.39 is 23.2 Å². The lowest BCUT2D eigenvalue weighted by atomic mass is 9.80. The molecule has 2 aliphatic heterocycles. The third-order valence-corrected chi connectivity index (χ3v) is 5.71. The van der Waals surface area contributed by atoms with Gasteiger partial charge in [-0.2, -0.15) is 13.2 Å². The highest BCUT2D eigenvalue weighted by Crippen LogP contribution is 2.45. The first-order valence-corrected chi connectivity index (χ1v) is 8.40. The van der Waals surface area contributed by atoms with Gasteiger partial charge in [-0.1, -0.05) is 0 Å². The average Bonchev–Trinajstić information content (AvgIpc) is 2.81. The Bertz CT molecular complexity index is 619. The Balaban J connectivity index is 2.02.